The third kappa shape index (κ3) is 3.68. The number of nitrogens with two attached hydrogens (primary N) is 1. The molecule has 0 fully saturated rings. The quantitative estimate of drug-likeness (QED) is 0.343. The van der Waals surface area contributed by atoms with Crippen molar-refractivity contribution in [2.75, 3.05) is 13.2 Å². The fraction of sp³-hybridized carbons (Fsp3) is 0.0741. The number of hydrogen-bond acceptors (Lipinski definition) is 4. The Labute approximate surface area is 195 Å². The van der Waals surface area contributed by atoms with Crippen molar-refractivity contribution in [3.8, 4) is 16.9 Å². The Balaban J connectivity index is 1.80. The van der Waals surface area contributed by atoms with Gasteiger partial charge in [-0.1, -0.05) is 60.7 Å². The Kier molecular flexibility index (Phi) is 5.53. The van der Waals surface area contributed by atoms with Crippen molar-refractivity contribution in [1.82, 2.24) is 15.1 Å². The molecule has 0 aliphatic carbocycles. The number of aliphatic hydroxyl groups excluding tert-OH is 1. The molecular formula is C27H22N4O3. The molecule has 2 amide bonds. The Bertz CT molecular complexity index is 1540. The van der Waals surface area contributed by atoms with Gasteiger partial charge in [-0.05, 0) is 45.8 Å². The summed E-state index contributed by atoms with van der Waals surface area (Å²) in [5.41, 5.74) is 8.68. The third-order valence-electron chi connectivity index (χ3n) is 5.78. The summed E-state index contributed by atoms with van der Waals surface area (Å²) in [6.45, 7) is -0.0289. The van der Waals surface area contributed by atoms with Gasteiger partial charge < -0.3 is 16.2 Å². The lowest BCUT2D eigenvalue weighted by molar-refractivity contribution is 0.0938. The smallest absolute Gasteiger partial charge is 0.271 e. The van der Waals surface area contributed by atoms with Gasteiger partial charge in [-0.3, -0.25) is 9.59 Å². The van der Waals surface area contributed by atoms with Gasteiger partial charge in [0.15, 0.2) is 5.69 Å². The minimum Gasteiger partial charge on any atom is -0.395 e. The molecule has 0 aliphatic heterocycles. The first-order valence-corrected chi connectivity index (χ1v) is 10.9. The highest BCUT2D eigenvalue weighted by molar-refractivity contribution is 6.19. The van der Waals surface area contributed by atoms with E-state index in [4.69, 9.17) is 10.8 Å². The molecule has 7 nitrogen and oxygen atoms in total. The molecule has 1 aromatic heterocycles. The average molecular weight is 450 g/mol. The number of hydrogen-bond donors (Lipinski definition) is 3. The minimum atomic E-state index is -0.506. The van der Waals surface area contributed by atoms with Crippen molar-refractivity contribution in [1.29, 1.82) is 0 Å². The van der Waals surface area contributed by atoms with E-state index >= 15 is 0 Å². The molecule has 0 spiro atoms. The van der Waals surface area contributed by atoms with E-state index in [0.29, 0.717) is 11.3 Å². The number of para-hydroxylation sites is 1. The van der Waals surface area contributed by atoms with E-state index in [-0.39, 0.29) is 24.8 Å². The second-order valence-electron chi connectivity index (χ2n) is 7.88. The fourth-order valence-electron chi connectivity index (χ4n) is 4.27. The number of aromatic nitrogens is 2. The van der Waals surface area contributed by atoms with Crippen LogP contribution >= 0.6 is 0 Å². The van der Waals surface area contributed by atoms with Crippen molar-refractivity contribution in [2.45, 2.75) is 0 Å². The van der Waals surface area contributed by atoms with Crippen LogP contribution in [-0.2, 0) is 0 Å². The Morgan fingerprint density at radius 2 is 1.53 bits per heavy atom. The van der Waals surface area contributed by atoms with Crippen molar-refractivity contribution in [3.63, 3.8) is 0 Å². The number of amides is 2. The Morgan fingerprint density at radius 1 is 0.853 bits per heavy atom. The van der Waals surface area contributed by atoms with Crippen LogP contribution in [0.3, 0.4) is 0 Å². The predicted octanol–water partition coefficient (Wildman–Crippen LogP) is 3.67. The molecule has 34 heavy (non-hydrogen) atoms. The van der Waals surface area contributed by atoms with Crippen LogP contribution in [0.15, 0.2) is 84.9 Å². The number of primary amides is 1. The number of carbonyl (C=O) groups is 2. The predicted molar refractivity (Wildman–Crippen MR) is 132 cm³/mol. The Hall–Kier alpha value is -4.49. The molecule has 5 aromatic rings. The summed E-state index contributed by atoms with van der Waals surface area (Å²) in [7, 11) is 0. The number of nitrogens with zero attached hydrogens (tertiary/aromatic N) is 2. The molecular weight excluding hydrogens is 428 g/mol. The highest BCUT2D eigenvalue weighted by Gasteiger charge is 2.20. The van der Waals surface area contributed by atoms with Crippen LogP contribution in [-0.4, -0.2) is 39.9 Å². The van der Waals surface area contributed by atoms with Gasteiger partial charge in [0, 0.05) is 17.7 Å². The van der Waals surface area contributed by atoms with Gasteiger partial charge in [0.05, 0.1) is 18.0 Å². The average Bonchev–Trinajstić information content (AvgIpc) is 3.32. The van der Waals surface area contributed by atoms with Crippen LogP contribution in [0.4, 0.5) is 0 Å². The number of carbonyl (C=O) groups excluding carboxylic acids is 2. The number of nitrogens with one attached hydrogen (secondary N) is 1. The molecule has 0 unspecified atom stereocenters. The molecule has 168 valence electrons. The largest absolute Gasteiger partial charge is 0.395 e. The fourth-order valence-corrected chi connectivity index (χ4v) is 4.27. The second kappa shape index (κ2) is 8.80. The first-order chi connectivity index (χ1) is 16.6. The van der Waals surface area contributed by atoms with Gasteiger partial charge in [-0.25, -0.2) is 4.68 Å². The lowest BCUT2D eigenvalue weighted by Crippen LogP contribution is -2.26. The van der Waals surface area contributed by atoms with E-state index in [0.717, 1.165) is 32.8 Å². The zero-order chi connectivity index (χ0) is 23.7. The standard InChI is InChI=1S/C27H22N4O3/c28-26(33)23-15-22-19(18-9-4-5-10-20(18)23)11-6-12-21(22)25-16-24(27(34)29-13-14-32)30-31(25)17-7-2-1-3-8-17/h1-12,15-16,32H,13-14H2,(H2,28,33)(H,29,34). The summed E-state index contributed by atoms with van der Waals surface area (Å²) in [4.78, 5) is 25.0. The molecule has 4 N–H and O–H groups in total. The highest BCUT2D eigenvalue weighted by Crippen LogP contribution is 2.36. The number of benzene rings is 4. The van der Waals surface area contributed by atoms with Crippen LogP contribution in [0.25, 0.3) is 38.5 Å². The monoisotopic (exact) mass is 450 g/mol. The number of rotatable bonds is 6. The van der Waals surface area contributed by atoms with E-state index in [1.165, 1.54) is 0 Å². The van der Waals surface area contributed by atoms with Crippen molar-refractivity contribution in [3.05, 3.63) is 96.2 Å². The molecule has 0 aliphatic rings. The van der Waals surface area contributed by atoms with Gasteiger partial charge in [-0.2, -0.15) is 5.10 Å². The summed E-state index contributed by atoms with van der Waals surface area (Å²) < 4.78 is 1.71. The molecule has 0 saturated carbocycles. The molecule has 5 rings (SSSR count). The summed E-state index contributed by atoms with van der Waals surface area (Å²) in [5.74, 6) is -0.887. The van der Waals surface area contributed by atoms with Crippen LogP contribution in [0, 0.1) is 0 Å². The number of aliphatic hydroxyl groups is 1. The van der Waals surface area contributed by atoms with Gasteiger partial charge in [0.1, 0.15) is 0 Å². The molecule has 0 radical (unpaired) electrons. The second-order valence-corrected chi connectivity index (χ2v) is 7.88. The van der Waals surface area contributed by atoms with E-state index < -0.39 is 5.91 Å². The third-order valence-corrected chi connectivity index (χ3v) is 5.78. The molecule has 7 heteroatoms. The summed E-state index contributed by atoms with van der Waals surface area (Å²) in [5, 5.41) is 19.8. The van der Waals surface area contributed by atoms with E-state index in [1.807, 2.05) is 78.9 Å². The van der Waals surface area contributed by atoms with Crippen LogP contribution in [0.5, 0.6) is 0 Å². The van der Waals surface area contributed by atoms with Crippen LogP contribution in [0.1, 0.15) is 20.8 Å². The van der Waals surface area contributed by atoms with Gasteiger partial charge in [-0.15, -0.1) is 0 Å². The first-order valence-electron chi connectivity index (χ1n) is 10.9. The van der Waals surface area contributed by atoms with Crippen LogP contribution in [0.2, 0.25) is 0 Å². The van der Waals surface area contributed by atoms with E-state index in [1.54, 1.807) is 10.7 Å². The summed E-state index contributed by atoms with van der Waals surface area (Å²) in [6.07, 6.45) is 0. The van der Waals surface area contributed by atoms with E-state index in [9.17, 15) is 9.59 Å². The summed E-state index contributed by atoms with van der Waals surface area (Å²) in [6, 6.07) is 26.6. The maximum atomic E-state index is 12.7. The molecule has 1 heterocycles. The Morgan fingerprint density at radius 3 is 2.26 bits per heavy atom. The molecule has 0 atom stereocenters. The number of fused-ring (bicyclic) bond motifs is 3. The zero-order valence-corrected chi connectivity index (χ0v) is 18.2. The lowest BCUT2D eigenvalue weighted by Gasteiger charge is -2.13. The SMILES string of the molecule is NC(=O)c1cc2c(-c3cc(C(=O)NCCO)nn3-c3ccccc3)cccc2c2ccccc12. The van der Waals surface area contributed by atoms with Gasteiger partial charge >= 0.3 is 0 Å². The normalized spacial score (nSPS) is 11.1. The van der Waals surface area contributed by atoms with E-state index in [2.05, 4.69) is 10.4 Å². The maximum Gasteiger partial charge on any atom is 0.271 e. The lowest BCUT2D eigenvalue weighted by atomic mass is 9.93. The topological polar surface area (TPSA) is 110 Å². The first kappa shape index (κ1) is 21.4. The van der Waals surface area contributed by atoms with Gasteiger partial charge in [0.25, 0.3) is 5.91 Å². The molecule has 0 saturated heterocycles. The maximum absolute atomic E-state index is 12.7. The van der Waals surface area contributed by atoms with Crippen molar-refractivity contribution < 1.29 is 14.7 Å². The molecule has 4 aromatic carbocycles. The molecule has 0 bridgehead atoms. The van der Waals surface area contributed by atoms with Crippen molar-refractivity contribution >= 4 is 33.4 Å². The summed E-state index contributed by atoms with van der Waals surface area (Å²) >= 11 is 0. The minimum absolute atomic E-state index is 0.134. The van der Waals surface area contributed by atoms with Crippen molar-refractivity contribution in [2.24, 2.45) is 5.73 Å². The van der Waals surface area contributed by atoms with Crippen LogP contribution < -0.4 is 11.1 Å². The highest BCUT2D eigenvalue weighted by atomic mass is 16.3. The van der Waals surface area contributed by atoms with Gasteiger partial charge in [0.2, 0.25) is 5.91 Å². The zero-order valence-electron chi connectivity index (χ0n) is 18.2.